The summed E-state index contributed by atoms with van der Waals surface area (Å²) in [5.41, 5.74) is 13.8. The van der Waals surface area contributed by atoms with Crippen LogP contribution in [0.15, 0.2) is 121 Å². The molecule has 6 rings (SSSR count). The molecule has 6 aromatic carbocycles. The number of carbonyl (C=O) groups excluding carboxylic acids is 4. The highest BCUT2D eigenvalue weighted by Crippen LogP contribution is 2.20. The molecule has 0 saturated carbocycles. The number of hydrogen-bond acceptors (Lipinski definition) is 4. The molecule has 0 fully saturated rings. The minimum atomic E-state index is -0.0668. The van der Waals surface area contributed by atoms with Crippen molar-refractivity contribution in [2.24, 2.45) is 0 Å². The first kappa shape index (κ1) is 37.3. The fourth-order valence-corrected chi connectivity index (χ4v) is 5.77. The van der Waals surface area contributed by atoms with E-state index < -0.39 is 0 Å². The summed E-state index contributed by atoms with van der Waals surface area (Å²) in [5, 5.41) is 0. The Bertz CT molecular complexity index is 2180. The maximum atomic E-state index is 12.8. The van der Waals surface area contributed by atoms with E-state index in [0.29, 0.717) is 44.5 Å². The van der Waals surface area contributed by atoms with Crippen molar-refractivity contribution in [3.63, 3.8) is 0 Å². The van der Waals surface area contributed by atoms with Gasteiger partial charge in [0.2, 0.25) is 0 Å². The Balaban J connectivity index is 0.000000201. The van der Waals surface area contributed by atoms with Crippen molar-refractivity contribution >= 4 is 23.1 Å². The van der Waals surface area contributed by atoms with Gasteiger partial charge >= 0.3 is 0 Å². The zero-order chi connectivity index (χ0) is 37.7. The second-order valence-electron chi connectivity index (χ2n) is 13.7. The number of ketones is 4. The molecule has 0 aliphatic heterocycles. The third kappa shape index (κ3) is 8.47. The lowest BCUT2D eigenvalue weighted by Gasteiger charge is -2.08. The van der Waals surface area contributed by atoms with Gasteiger partial charge in [0.1, 0.15) is 0 Å². The third-order valence-corrected chi connectivity index (χ3v) is 9.87. The molecule has 52 heavy (non-hydrogen) atoms. The first-order chi connectivity index (χ1) is 24.7. The molecule has 0 bridgehead atoms. The molecule has 0 heterocycles. The van der Waals surface area contributed by atoms with E-state index in [0.717, 1.165) is 44.5 Å². The zero-order valence-electron chi connectivity index (χ0n) is 31.2. The van der Waals surface area contributed by atoms with Gasteiger partial charge in [0.25, 0.3) is 0 Å². The van der Waals surface area contributed by atoms with Gasteiger partial charge in [-0.05, 0) is 130 Å². The predicted molar refractivity (Wildman–Crippen MR) is 210 cm³/mol. The maximum Gasteiger partial charge on any atom is 0.193 e. The van der Waals surface area contributed by atoms with Crippen molar-refractivity contribution in [3.05, 3.63) is 210 Å². The third-order valence-electron chi connectivity index (χ3n) is 9.87. The van der Waals surface area contributed by atoms with E-state index in [1.165, 1.54) is 0 Å². The van der Waals surface area contributed by atoms with Gasteiger partial charge in [0, 0.05) is 44.5 Å². The van der Waals surface area contributed by atoms with E-state index in [-0.39, 0.29) is 23.1 Å². The number of benzene rings is 6. The molecule has 0 atom stereocenters. The monoisotopic (exact) mass is 684 g/mol. The summed E-state index contributed by atoms with van der Waals surface area (Å²) < 4.78 is 0. The van der Waals surface area contributed by atoms with Gasteiger partial charge in [-0.2, -0.15) is 0 Å². The number of hydrogen-bond donors (Lipinski definition) is 0. The van der Waals surface area contributed by atoms with E-state index in [2.05, 4.69) is 0 Å². The molecule has 0 saturated heterocycles. The Morgan fingerprint density at radius 1 is 0.250 bits per heavy atom. The van der Waals surface area contributed by atoms with E-state index in [4.69, 9.17) is 0 Å². The largest absolute Gasteiger partial charge is 0.289 e. The normalized spacial score (nSPS) is 10.6. The van der Waals surface area contributed by atoms with E-state index >= 15 is 0 Å². The highest BCUT2D eigenvalue weighted by molar-refractivity contribution is 6.14. The summed E-state index contributed by atoms with van der Waals surface area (Å²) in [6.45, 7) is 16.1. The van der Waals surface area contributed by atoms with Crippen LogP contribution >= 0.6 is 0 Å². The molecule has 0 amide bonds. The first-order valence-electron chi connectivity index (χ1n) is 17.4. The second kappa shape index (κ2) is 15.9. The highest BCUT2D eigenvalue weighted by Gasteiger charge is 2.16. The van der Waals surface area contributed by atoms with Crippen molar-refractivity contribution < 1.29 is 19.2 Å². The Labute approximate surface area is 307 Å². The van der Waals surface area contributed by atoms with Gasteiger partial charge in [0.15, 0.2) is 23.1 Å². The van der Waals surface area contributed by atoms with Gasteiger partial charge in [-0.3, -0.25) is 19.2 Å². The lowest BCUT2D eigenvalue weighted by molar-refractivity contribution is 0.102. The number of aryl methyl sites for hydroxylation is 8. The topological polar surface area (TPSA) is 68.3 Å². The Morgan fingerprint density at radius 3 is 0.712 bits per heavy atom. The summed E-state index contributed by atoms with van der Waals surface area (Å²) in [6, 6.07) is 36.7. The molecule has 6 aromatic rings. The minimum absolute atomic E-state index is 0.0294. The summed E-state index contributed by atoms with van der Waals surface area (Å²) in [4.78, 5) is 50.9. The van der Waals surface area contributed by atoms with Crippen LogP contribution < -0.4 is 0 Å². The van der Waals surface area contributed by atoms with Crippen LogP contribution in [0.5, 0.6) is 0 Å². The van der Waals surface area contributed by atoms with Crippen LogP contribution in [-0.2, 0) is 0 Å². The fraction of sp³-hybridized carbons (Fsp3) is 0.167. The molecule has 0 N–H and O–H groups in total. The van der Waals surface area contributed by atoms with Crippen molar-refractivity contribution in [3.8, 4) is 0 Å². The van der Waals surface area contributed by atoms with E-state index in [1.807, 2.05) is 128 Å². The SMILES string of the molecule is Cc1ccc(C(=O)c2ccc(C(=O)c3ccc(C)c(C)c3)cc2)cc1C.Cc1ccc(C(=O)c2cccc(C(=O)c3ccc(C)c(C)c3)c2)cc1C. The molecule has 0 aliphatic carbocycles. The molecular formula is C48H44O4. The average Bonchev–Trinajstić information content (AvgIpc) is 3.15. The smallest absolute Gasteiger partial charge is 0.193 e. The van der Waals surface area contributed by atoms with Crippen molar-refractivity contribution in [2.45, 2.75) is 55.4 Å². The molecule has 260 valence electrons. The molecule has 4 heteroatoms. The highest BCUT2D eigenvalue weighted by atomic mass is 16.1. The molecule has 0 spiro atoms. The maximum absolute atomic E-state index is 12.8. The molecule has 0 aliphatic rings. The van der Waals surface area contributed by atoms with Gasteiger partial charge < -0.3 is 0 Å². The van der Waals surface area contributed by atoms with Gasteiger partial charge in [-0.25, -0.2) is 0 Å². The van der Waals surface area contributed by atoms with Crippen LogP contribution in [0, 0.1) is 55.4 Å². The summed E-state index contributed by atoms with van der Waals surface area (Å²) in [7, 11) is 0. The van der Waals surface area contributed by atoms with Crippen LogP contribution in [0.4, 0.5) is 0 Å². The summed E-state index contributed by atoms with van der Waals surface area (Å²) in [5.74, 6) is -0.192. The van der Waals surface area contributed by atoms with Crippen LogP contribution in [0.2, 0.25) is 0 Å². The van der Waals surface area contributed by atoms with Gasteiger partial charge in [-0.15, -0.1) is 0 Å². The average molecular weight is 685 g/mol. The number of rotatable bonds is 8. The fourth-order valence-electron chi connectivity index (χ4n) is 5.77. The first-order valence-corrected chi connectivity index (χ1v) is 17.4. The quantitative estimate of drug-likeness (QED) is 0.150. The number of carbonyl (C=O) groups is 4. The Hall–Kier alpha value is -6.00. The van der Waals surface area contributed by atoms with Crippen molar-refractivity contribution in [1.82, 2.24) is 0 Å². The molecular weight excluding hydrogens is 641 g/mol. The van der Waals surface area contributed by atoms with Crippen LogP contribution in [0.25, 0.3) is 0 Å². The lowest BCUT2D eigenvalue weighted by Crippen LogP contribution is -2.06. The molecule has 0 radical (unpaired) electrons. The van der Waals surface area contributed by atoms with Crippen LogP contribution in [-0.4, -0.2) is 23.1 Å². The standard InChI is InChI=1S/2C24H22O2/c1-15-5-7-21(13-17(15)3)23(25)19-9-11-20(12-10-19)24(26)22-8-6-16(2)18(4)14-22;1-15-8-10-21(12-17(15)3)23(25)19-6-5-7-20(14-19)24(26)22-11-9-16(2)18(4)13-22/h2*5-14H,1-4H3. The summed E-state index contributed by atoms with van der Waals surface area (Å²) in [6.07, 6.45) is 0. The minimum Gasteiger partial charge on any atom is -0.289 e. The van der Waals surface area contributed by atoms with Crippen molar-refractivity contribution in [2.75, 3.05) is 0 Å². The van der Waals surface area contributed by atoms with Gasteiger partial charge in [-0.1, -0.05) is 91.0 Å². The van der Waals surface area contributed by atoms with Crippen LogP contribution in [0.1, 0.15) is 108 Å². The molecule has 4 nitrogen and oxygen atoms in total. The second-order valence-corrected chi connectivity index (χ2v) is 13.7. The molecule has 0 unspecified atom stereocenters. The van der Waals surface area contributed by atoms with Crippen molar-refractivity contribution in [1.29, 1.82) is 0 Å². The predicted octanol–water partition coefficient (Wildman–Crippen LogP) is 10.8. The van der Waals surface area contributed by atoms with E-state index in [1.54, 1.807) is 48.5 Å². The Morgan fingerprint density at radius 2 is 0.462 bits per heavy atom. The summed E-state index contributed by atoms with van der Waals surface area (Å²) >= 11 is 0. The van der Waals surface area contributed by atoms with E-state index in [9.17, 15) is 19.2 Å². The lowest BCUT2D eigenvalue weighted by atomic mass is 9.95. The zero-order valence-corrected chi connectivity index (χ0v) is 31.2. The Kier molecular flexibility index (Phi) is 11.4. The van der Waals surface area contributed by atoms with Gasteiger partial charge in [0.05, 0.1) is 0 Å². The van der Waals surface area contributed by atoms with Crippen LogP contribution in [0.3, 0.4) is 0 Å². The molecule has 0 aromatic heterocycles.